The van der Waals surface area contributed by atoms with Crippen molar-refractivity contribution in [2.24, 2.45) is 5.92 Å². The van der Waals surface area contributed by atoms with Crippen LogP contribution in [0.4, 0.5) is 4.39 Å². The van der Waals surface area contributed by atoms with Crippen molar-refractivity contribution in [2.75, 3.05) is 19.7 Å². The molecule has 0 bridgehead atoms. The number of aryl methyl sites for hydroxylation is 1. The van der Waals surface area contributed by atoms with Crippen molar-refractivity contribution in [3.63, 3.8) is 0 Å². The number of rotatable bonds is 5. The van der Waals surface area contributed by atoms with Gasteiger partial charge in [0.2, 0.25) is 5.88 Å². The molecule has 150 valence electrons. The maximum Gasteiger partial charge on any atom is 0.256 e. The van der Waals surface area contributed by atoms with E-state index in [1.807, 2.05) is 42.3 Å². The molecule has 1 amide bonds. The fourth-order valence-electron chi connectivity index (χ4n) is 3.64. The molecule has 0 spiro atoms. The Balaban J connectivity index is 1.46. The zero-order valence-electron chi connectivity index (χ0n) is 16.3. The van der Waals surface area contributed by atoms with Crippen LogP contribution < -0.4 is 4.74 Å². The number of aromatic nitrogens is 3. The molecule has 1 aromatic carbocycles. The molecule has 2 aromatic heterocycles. The molecule has 1 fully saturated rings. The molecule has 0 aliphatic carbocycles. The van der Waals surface area contributed by atoms with Crippen molar-refractivity contribution in [3.8, 4) is 11.6 Å². The van der Waals surface area contributed by atoms with Crippen molar-refractivity contribution in [1.82, 2.24) is 19.7 Å². The number of amides is 1. The number of hydrogen-bond donors (Lipinski definition) is 0. The number of nitrogens with zero attached hydrogens (tertiary/aromatic N) is 4. The smallest absolute Gasteiger partial charge is 0.256 e. The number of hydrogen-bond acceptors (Lipinski definition) is 4. The SMILES string of the molecule is Cc1ccc(-n2cccn2)c(C(=O)N2CCCC(COc3ccc(F)cn3)C2)c1. The van der Waals surface area contributed by atoms with Crippen LogP contribution in [0.2, 0.25) is 0 Å². The Bertz CT molecular complexity index is 973. The molecule has 1 aliphatic heterocycles. The van der Waals surface area contributed by atoms with E-state index in [-0.39, 0.29) is 11.8 Å². The molecule has 1 unspecified atom stereocenters. The minimum absolute atomic E-state index is 0.00353. The molecular formula is C22H23FN4O2. The summed E-state index contributed by atoms with van der Waals surface area (Å²) in [5.74, 6) is 0.216. The number of benzene rings is 1. The Hall–Kier alpha value is -3.22. The molecule has 0 N–H and O–H groups in total. The number of likely N-dealkylation sites (tertiary alicyclic amines) is 1. The van der Waals surface area contributed by atoms with Gasteiger partial charge >= 0.3 is 0 Å². The van der Waals surface area contributed by atoms with Gasteiger partial charge in [-0.2, -0.15) is 5.10 Å². The average molecular weight is 394 g/mol. The van der Waals surface area contributed by atoms with Crippen molar-refractivity contribution in [1.29, 1.82) is 0 Å². The van der Waals surface area contributed by atoms with E-state index in [9.17, 15) is 9.18 Å². The van der Waals surface area contributed by atoms with E-state index < -0.39 is 5.82 Å². The predicted octanol–water partition coefficient (Wildman–Crippen LogP) is 3.65. The van der Waals surface area contributed by atoms with Crippen LogP contribution in [0.5, 0.6) is 5.88 Å². The van der Waals surface area contributed by atoms with Gasteiger partial charge in [0.15, 0.2) is 0 Å². The first-order valence-electron chi connectivity index (χ1n) is 9.74. The lowest BCUT2D eigenvalue weighted by Crippen LogP contribution is -2.42. The van der Waals surface area contributed by atoms with Crippen molar-refractivity contribution >= 4 is 5.91 Å². The van der Waals surface area contributed by atoms with Gasteiger partial charge < -0.3 is 9.64 Å². The highest BCUT2D eigenvalue weighted by Gasteiger charge is 2.27. The Kier molecular flexibility index (Phi) is 5.55. The molecule has 29 heavy (non-hydrogen) atoms. The number of piperidine rings is 1. The lowest BCUT2D eigenvalue weighted by molar-refractivity contribution is 0.0631. The second kappa shape index (κ2) is 8.43. The number of carbonyl (C=O) groups excluding carboxylic acids is 1. The number of ether oxygens (including phenoxy) is 1. The molecule has 7 heteroatoms. The van der Waals surface area contributed by atoms with Crippen LogP contribution in [-0.2, 0) is 0 Å². The van der Waals surface area contributed by atoms with E-state index in [4.69, 9.17) is 4.74 Å². The van der Waals surface area contributed by atoms with Crippen LogP contribution >= 0.6 is 0 Å². The molecule has 3 heterocycles. The molecule has 0 saturated carbocycles. The first-order valence-corrected chi connectivity index (χ1v) is 9.74. The Morgan fingerprint density at radius 1 is 1.31 bits per heavy atom. The van der Waals surface area contributed by atoms with Gasteiger partial charge in [-0.15, -0.1) is 0 Å². The van der Waals surface area contributed by atoms with E-state index >= 15 is 0 Å². The fraction of sp³-hybridized carbons (Fsp3) is 0.318. The van der Waals surface area contributed by atoms with E-state index in [0.717, 1.165) is 36.8 Å². The van der Waals surface area contributed by atoms with Gasteiger partial charge in [-0.3, -0.25) is 4.79 Å². The van der Waals surface area contributed by atoms with Gasteiger partial charge in [0.05, 0.1) is 24.1 Å². The number of carbonyl (C=O) groups is 1. The van der Waals surface area contributed by atoms with Crippen molar-refractivity contribution in [3.05, 3.63) is 71.9 Å². The largest absolute Gasteiger partial charge is 0.477 e. The van der Waals surface area contributed by atoms with Gasteiger partial charge in [-0.25, -0.2) is 14.1 Å². The summed E-state index contributed by atoms with van der Waals surface area (Å²) in [7, 11) is 0. The third-order valence-corrected chi connectivity index (χ3v) is 5.11. The van der Waals surface area contributed by atoms with Gasteiger partial charge in [-0.05, 0) is 44.0 Å². The van der Waals surface area contributed by atoms with E-state index in [1.165, 1.54) is 12.1 Å². The van der Waals surface area contributed by atoms with Crippen LogP contribution in [0, 0.1) is 18.7 Å². The lowest BCUT2D eigenvalue weighted by Gasteiger charge is -2.33. The topological polar surface area (TPSA) is 60.2 Å². The standard InChI is InChI=1S/C22H23FN4O2/c1-16-5-7-20(27-11-3-9-25-27)19(12-16)22(28)26-10-2-4-17(14-26)15-29-21-8-6-18(23)13-24-21/h3,5-9,11-13,17H,2,4,10,14-15H2,1H3. The Morgan fingerprint density at radius 3 is 2.97 bits per heavy atom. The van der Waals surface area contributed by atoms with Crippen LogP contribution in [0.25, 0.3) is 5.69 Å². The van der Waals surface area contributed by atoms with Crippen LogP contribution in [-0.4, -0.2) is 45.3 Å². The summed E-state index contributed by atoms with van der Waals surface area (Å²) in [6.07, 6.45) is 6.57. The van der Waals surface area contributed by atoms with Crippen molar-refractivity contribution in [2.45, 2.75) is 19.8 Å². The van der Waals surface area contributed by atoms with Gasteiger partial charge in [0, 0.05) is 37.5 Å². The summed E-state index contributed by atoms with van der Waals surface area (Å²) in [5.41, 5.74) is 2.46. The molecule has 6 nitrogen and oxygen atoms in total. The van der Waals surface area contributed by atoms with Crippen molar-refractivity contribution < 1.29 is 13.9 Å². The zero-order valence-corrected chi connectivity index (χ0v) is 16.3. The maximum absolute atomic E-state index is 13.3. The summed E-state index contributed by atoms with van der Waals surface area (Å²) in [5, 5.41) is 4.28. The Morgan fingerprint density at radius 2 is 2.21 bits per heavy atom. The van der Waals surface area contributed by atoms with Crippen LogP contribution in [0.3, 0.4) is 0 Å². The van der Waals surface area contributed by atoms with E-state index in [1.54, 1.807) is 10.9 Å². The quantitative estimate of drug-likeness (QED) is 0.663. The molecule has 1 atom stereocenters. The van der Waals surface area contributed by atoms with Gasteiger partial charge in [-0.1, -0.05) is 11.6 Å². The zero-order chi connectivity index (χ0) is 20.2. The summed E-state index contributed by atoms with van der Waals surface area (Å²) in [6, 6.07) is 10.5. The third-order valence-electron chi connectivity index (χ3n) is 5.11. The maximum atomic E-state index is 13.3. The molecule has 3 aromatic rings. The third kappa shape index (κ3) is 4.45. The minimum Gasteiger partial charge on any atom is -0.477 e. The fourth-order valence-corrected chi connectivity index (χ4v) is 3.64. The normalized spacial score (nSPS) is 16.6. The molecular weight excluding hydrogens is 371 g/mol. The first kappa shape index (κ1) is 19.1. The lowest BCUT2D eigenvalue weighted by atomic mass is 9.97. The molecule has 0 radical (unpaired) electrons. The highest BCUT2D eigenvalue weighted by Crippen LogP contribution is 2.23. The van der Waals surface area contributed by atoms with Crippen LogP contribution in [0.15, 0.2) is 55.0 Å². The predicted molar refractivity (Wildman–Crippen MR) is 107 cm³/mol. The highest BCUT2D eigenvalue weighted by molar-refractivity contribution is 5.98. The van der Waals surface area contributed by atoms with Crippen LogP contribution in [0.1, 0.15) is 28.8 Å². The summed E-state index contributed by atoms with van der Waals surface area (Å²) >= 11 is 0. The summed E-state index contributed by atoms with van der Waals surface area (Å²) < 4.78 is 20.4. The second-order valence-electron chi connectivity index (χ2n) is 7.36. The van der Waals surface area contributed by atoms with E-state index in [2.05, 4.69) is 10.1 Å². The minimum atomic E-state index is -0.391. The number of pyridine rings is 1. The Labute approximate surface area is 168 Å². The summed E-state index contributed by atoms with van der Waals surface area (Å²) in [4.78, 5) is 19.1. The van der Waals surface area contributed by atoms with Gasteiger partial charge in [0.1, 0.15) is 5.82 Å². The molecule has 1 saturated heterocycles. The monoisotopic (exact) mass is 394 g/mol. The summed E-state index contributed by atoms with van der Waals surface area (Å²) in [6.45, 7) is 3.76. The number of halogens is 1. The second-order valence-corrected chi connectivity index (χ2v) is 7.36. The molecule has 4 rings (SSSR count). The molecule has 1 aliphatic rings. The first-order chi connectivity index (χ1) is 14.1. The highest BCUT2D eigenvalue weighted by atomic mass is 19.1. The van der Waals surface area contributed by atoms with Gasteiger partial charge in [0.25, 0.3) is 5.91 Å². The van der Waals surface area contributed by atoms with E-state index in [0.29, 0.717) is 24.6 Å². The average Bonchev–Trinajstić information content (AvgIpc) is 3.28.